The van der Waals surface area contributed by atoms with Gasteiger partial charge in [-0.1, -0.05) is 6.92 Å². The summed E-state index contributed by atoms with van der Waals surface area (Å²) in [5, 5.41) is 6.45. The Labute approximate surface area is 114 Å². The van der Waals surface area contributed by atoms with Crippen LogP contribution in [-0.2, 0) is 4.74 Å². The molecule has 108 valence electrons. The maximum atomic E-state index is 5.38. The number of hydrogen-bond acceptors (Lipinski definition) is 6. The topological polar surface area (TPSA) is 68.3 Å². The third kappa shape index (κ3) is 4.55. The summed E-state index contributed by atoms with van der Waals surface area (Å²) in [5.74, 6) is 2.00. The molecule has 0 spiro atoms. The number of aromatic nitrogens is 2. The van der Waals surface area contributed by atoms with Crippen molar-refractivity contribution in [2.24, 2.45) is 0 Å². The smallest absolute Gasteiger partial charge is 0.204 e. The van der Waals surface area contributed by atoms with Gasteiger partial charge in [0.05, 0.1) is 12.7 Å². The van der Waals surface area contributed by atoms with Crippen LogP contribution in [0.15, 0.2) is 6.33 Å². The molecule has 1 aromatic rings. The second-order valence-corrected chi connectivity index (χ2v) is 4.85. The average molecular weight is 268 g/mol. The lowest BCUT2D eigenvalue weighted by molar-refractivity contribution is 0.0343. The first-order valence-electron chi connectivity index (χ1n) is 6.46. The summed E-state index contributed by atoms with van der Waals surface area (Å²) in [4.78, 5) is 8.41. The molecule has 0 atom stereocenters. The van der Waals surface area contributed by atoms with Crippen LogP contribution < -0.4 is 15.4 Å². The molecule has 1 rings (SSSR count). The van der Waals surface area contributed by atoms with E-state index in [4.69, 9.17) is 9.47 Å². The molecular weight excluding hydrogens is 244 g/mol. The normalized spacial score (nSPS) is 11.2. The second-order valence-electron chi connectivity index (χ2n) is 4.85. The molecule has 2 N–H and O–H groups in total. The number of nitrogens with zero attached hydrogens (tertiary/aromatic N) is 2. The van der Waals surface area contributed by atoms with E-state index < -0.39 is 0 Å². The summed E-state index contributed by atoms with van der Waals surface area (Å²) in [6.07, 6.45) is 2.54. The van der Waals surface area contributed by atoms with Crippen LogP contribution in [-0.4, -0.2) is 42.9 Å². The molecule has 6 heteroatoms. The van der Waals surface area contributed by atoms with E-state index in [9.17, 15) is 0 Å². The van der Waals surface area contributed by atoms with Gasteiger partial charge in [0.25, 0.3) is 0 Å². The zero-order valence-electron chi connectivity index (χ0n) is 12.4. The molecule has 1 heterocycles. The highest BCUT2D eigenvalue weighted by atomic mass is 16.5. The van der Waals surface area contributed by atoms with Crippen LogP contribution in [0.5, 0.6) is 5.75 Å². The monoisotopic (exact) mass is 268 g/mol. The minimum Gasteiger partial charge on any atom is -0.490 e. The number of nitrogens with one attached hydrogen (secondary N) is 2. The van der Waals surface area contributed by atoms with Crippen LogP contribution in [0.1, 0.15) is 27.2 Å². The maximum Gasteiger partial charge on any atom is 0.204 e. The number of hydrogen-bond donors (Lipinski definition) is 2. The Morgan fingerprint density at radius 3 is 2.32 bits per heavy atom. The molecule has 0 aliphatic heterocycles. The first kappa shape index (κ1) is 15.5. The van der Waals surface area contributed by atoms with Gasteiger partial charge < -0.3 is 20.1 Å². The molecule has 6 nitrogen and oxygen atoms in total. The van der Waals surface area contributed by atoms with Crippen LogP contribution >= 0.6 is 0 Å². The molecule has 19 heavy (non-hydrogen) atoms. The molecule has 0 aromatic carbocycles. The van der Waals surface area contributed by atoms with Crippen molar-refractivity contribution in [3.63, 3.8) is 0 Å². The van der Waals surface area contributed by atoms with E-state index in [1.807, 2.05) is 13.8 Å². The van der Waals surface area contributed by atoms with E-state index in [2.05, 4.69) is 27.5 Å². The Kier molecular flexibility index (Phi) is 5.82. The number of ether oxygens (including phenoxy) is 2. The van der Waals surface area contributed by atoms with Crippen LogP contribution in [0.25, 0.3) is 0 Å². The molecular formula is C13H24N4O2. The lowest BCUT2D eigenvalue weighted by Crippen LogP contribution is -2.32. The summed E-state index contributed by atoms with van der Waals surface area (Å²) in [7, 11) is 3.30. The quantitative estimate of drug-likeness (QED) is 0.753. The third-order valence-electron chi connectivity index (χ3n) is 2.78. The highest BCUT2D eigenvalue weighted by Crippen LogP contribution is 2.29. The van der Waals surface area contributed by atoms with E-state index in [-0.39, 0.29) is 5.60 Å². The molecule has 0 bridgehead atoms. The first-order chi connectivity index (χ1) is 9.04. The van der Waals surface area contributed by atoms with Gasteiger partial charge in [-0.15, -0.1) is 0 Å². The Bertz CT molecular complexity index is 396. The van der Waals surface area contributed by atoms with E-state index in [0.717, 1.165) is 13.0 Å². The summed E-state index contributed by atoms with van der Waals surface area (Å²) < 4.78 is 10.7. The predicted molar refractivity (Wildman–Crippen MR) is 76.9 cm³/mol. The summed E-state index contributed by atoms with van der Waals surface area (Å²) in [6.45, 7) is 7.58. The van der Waals surface area contributed by atoms with Gasteiger partial charge in [-0.05, 0) is 20.3 Å². The maximum absolute atomic E-state index is 5.38. The summed E-state index contributed by atoms with van der Waals surface area (Å²) in [6, 6.07) is 0. The fourth-order valence-corrected chi connectivity index (χ4v) is 1.43. The summed E-state index contributed by atoms with van der Waals surface area (Å²) >= 11 is 0. The largest absolute Gasteiger partial charge is 0.490 e. The number of anilines is 2. The van der Waals surface area contributed by atoms with Gasteiger partial charge in [-0.2, -0.15) is 0 Å². The minimum atomic E-state index is -0.271. The molecule has 0 saturated heterocycles. The zero-order chi connectivity index (χ0) is 14.3. The van der Waals surface area contributed by atoms with E-state index in [0.29, 0.717) is 23.9 Å². The summed E-state index contributed by atoms with van der Waals surface area (Å²) in [5.41, 5.74) is -0.271. The molecule has 0 amide bonds. The Balaban J connectivity index is 2.82. The van der Waals surface area contributed by atoms with Gasteiger partial charge >= 0.3 is 0 Å². The highest BCUT2D eigenvalue weighted by molar-refractivity contribution is 5.63. The van der Waals surface area contributed by atoms with Gasteiger partial charge in [0.15, 0.2) is 11.6 Å². The molecule has 0 unspecified atom stereocenters. The van der Waals surface area contributed by atoms with Crippen molar-refractivity contribution in [3.8, 4) is 5.75 Å². The highest BCUT2D eigenvalue weighted by Gasteiger charge is 2.18. The van der Waals surface area contributed by atoms with E-state index in [1.54, 1.807) is 14.2 Å². The lowest BCUT2D eigenvalue weighted by Gasteiger charge is -2.24. The predicted octanol–water partition coefficient (Wildman–Crippen LogP) is 2.14. The Hall–Kier alpha value is -1.56. The number of rotatable bonds is 8. The first-order valence-corrected chi connectivity index (χ1v) is 6.46. The standard InChI is InChI=1S/C13H24N4O2/c1-6-7-14-11-10(18-4)12(17-9-16-11)15-8-13(2,3)19-5/h9H,6-8H2,1-5H3,(H2,14,15,16,17). The van der Waals surface area contributed by atoms with Crippen LogP contribution in [0.3, 0.4) is 0 Å². The lowest BCUT2D eigenvalue weighted by atomic mass is 10.1. The van der Waals surface area contributed by atoms with Crippen molar-refractivity contribution in [2.45, 2.75) is 32.8 Å². The van der Waals surface area contributed by atoms with Crippen LogP contribution in [0.4, 0.5) is 11.6 Å². The van der Waals surface area contributed by atoms with Crippen LogP contribution in [0, 0.1) is 0 Å². The molecule has 0 aliphatic rings. The van der Waals surface area contributed by atoms with Crippen molar-refractivity contribution in [2.75, 3.05) is 37.9 Å². The van der Waals surface area contributed by atoms with Gasteiger partial charge in [-0.25, -0.2) is 9.97 Å². The number of methoxy groups -OCH3 is 2. The fraction of sp³-hybridized carbons (Fsp3) is 0.692. The Morgan fingerprint density at radius 2 is 1.79 bits per heavy atom. The van der Waals surface area contributed by atoms with Crippen LogP contribution in [0.2, 0.25) is 0 Å². The zero-order valence-corrected chi connectivity index (χ0v) is 12.4. The van der Waals surface area contributed by atoms with Gasteiger partial charge in [-0.3, -0.25) is 0 Å². The molecule has 0 saturated carbocycles. The Morgan fingerprint density at radius 1 is 1.16 bits per heavy atom. The second kappa shape index (κ2) is 7.13. The minimum absolute atomic E-state index is 0.271. The van der Waals surface area contributed by atoms with Crippen molar-refractivity contribution >= 4 is 11.6 Å². The van der Waals surface area contributed by atoms with Crippen molar-refractivity contribution < 1.29 is 9.47 Å². The van der Waals surface area contributed by atoms with Gasteiger partial charge in [0, 0.05) is 20.2 Å². The van der Waals surface area contributed by atoms with Crippen molar-refractivity contribution in [3.05, 3.63) is 6.33 Å². The SMILES string of the molecule is CCCNc1ncnc(NCC(C)(C)OC)c1OC. The van der Waals surface area contributed by atoms with Crippen molar-refractivity contribution in [1.29, 1.82) is 0 Å². The third-order valence-corrected chi connectivity index (χ3v) is 2.78. The van der Waals surface area contributed by atoms with Crippen molar-refractivity contribution in [1.82, 2.24) is 9.97 Å². The van der Waals surface area contributed by atoms with E-state index in [1.165, 1.54) is 6.33 Å². The average Bonchev–Trinajstić information content (AvgIpc) is 2.42. The molecule has 0 fully saturated rings. The fourth-order valence-electron chi connectivity index (χ4n) is 1.43. The van der Waals surface area contributed by atoms with Gasteiger partial charge in [0.2, 0.25) is 5.75 Å². The molecule has 0 aliphatic carbocycles. The van der Waals surface area contributed by atoms with Gasteiger partial charge in [0.1, 0.15) is 6.33 Å². The molecule has 1 aromatic heterocycles. The van der Waals surface area contributed by atoms with E-state index >= 15 is 0 Å². The molecule has 0 radical (unpaired) electrons.